The van der Waals surface area contributed by atoms with Crippen LogP contribution in [0.2, 0.25) is 10.0 Å². The highest BCUT2D eigenvalue weighted by molar-refractivity contribution is 7.93. The molecule has 2 aromatic rings. The molecule has 0 saturated carbocycles. The van der Waals surface area contributed by atoms with Crippen molar-refractivity contribution in [3.8, 4) is 5.75 Å². The molecule has 0 aliphatic carbocycles. The number of phenolic OH excluding ortho intramolecular Hbond substituents is 1. The van der Waals surface area contributed by atoms with Crippen LogP contribution in [0, 0.1) is 5.82 Å². The van der Waals surface area contributed by atoms with Crippen molar-refractivity contribution < 1.29 is 17.9 Å². The van der Waals surface area contributed by atoms with E-state index in [4.69, 9.17) is 23.2 Å². The van der Waals surface area contributed by atoms with Gasteiger partial charge in [0.25, 0.3) is 10.0 Å². The van der Waals surface area contributed by atoms with Gasteiger partial charge in [-0.15, -0.1) is 0 Å². The summed E-state index contributed by atoms with van der Waals surface area (Å²) in [6.45, 7) is 0. The molecule has 8 heteroatoms. The first-order chi connectivity index (χ1) is 9.75. The molecule has 21 heavy (non-hydrogen) atoms. The topological polar surface area (TPSA) is 57.6 Å². The van der Waals surface area contributed by atoms with Gasteiger partial charge in [-0.1, -0.05) is 29.3 Å². The number of nitrogens with zero attached hydrogens (tertiary/aromatic N) is 1. The number of hydrogen-bond donors (Lipinski definition) is 1. The lowest BCUT2D eigenvalue weighted by molar-refractivity contribution is 0.475. The molecule has 1 N–H and O–H groups in total. The predicted octanol–water partition coefficient (Wildman–Crippen LogP) is 3.66. The summed E-state index contributed by atoms with van der Waals surface area (Å²) in [4.78, 5) is -0.406. The Morgan fingerprint density at radius 3 is 2.48 bits per heavy atom. The number of sulfonamides is 1. The maximum Gasteiger partial charge on any atom is 0.265 e. The van der Waals surface area contributed by atoms with E-state index in [9.17, 15) is 17.9 Å². The maximum atomic E-state index is 13.7. The van der Waals surface area contributed by atoms with E-state index in [2.05, 4.69) is 0 Å². The normalized spacial score (nSPS) is 11.4. The first kappa shape index (κ1) is 15.9. The SMILES string of the molecule is CN(c1cccc(O)c1)S(=O)(=O)c1ccc(Cl)c(F)c1Cl. The Balaban J connectivity index is 2.55. The maximum absolute atomic E-state index is 13.7. The Bertz CT molecular complexity index is 796. The Morgan fingerprint density at radius 1 is 1.19 bits per heavy atom. The number of hydrogen-bond acceptors (Lipinski definition) is 3. The number of halogens is 3. The third-order valence-electron chi connectivity index (χ3n) is 2.83. The van der Waals surface area contributed by atoms with E-state index in [1.54, 1.807) is 0 Å². The fraction of sp³-hybridized carbons (Fsp3) is 0.0769. The van der Waals surface area contributed by atoms with Gasteiger partial charge in [-0.2, -0.15) is 0 Å². The van der Waals surface area contributed by atoms with Crippen LogP contribution in [-0.2, 0) is 10.0 Å². The van der Waals surface area contributed by atoms with Gasteiger partial charge in [0.1, 0.15) is 10.6 Å². The second kappa shape index (κ2) is 5.71. The first-order valence-electron chi connectivity index (χ1n) is 5.66. The van der Waals surface area contributed by atoms with E-state index in [1.165, 1.54) is 31.3 Å². The van der Waals surface area contributed by atoms with Crippen molar-refractivity contribution in [2.24, 2.45) is 0 Å². The van der Waals surface area contributed by atoms with E-state index in [0.29, 0.717) is 0 Å². The third-order valence-corrected chi connectivity index (χ3v) is 5.43. The zero-order valence-corrected chi connectivity index (χ0v) is 13.0. The number of benzene rings is 2. The van der Waals surface area contributed by atoms with Gasteiger partial charge in [-0.25, -0.2) is 12.8 Å². The fourth-order valence-electron chi connectivity index (χ4n) is 1.68. The summed E-state index contributed by atoms with van der Waals surface area (Å²) in [5.41, 5.74) is 0.210. The molecule has 112 valence electrons. The molecule has 0 fully saturated rings. The van der Waals surface area contributed by atoms with Crippen molar-refractivity contribution in [2.75, 3.05) is 11.4 Å². The van der Waals surface area contributed by atoms with Crippen LogP contribution in [0.25, 0.3) is 0 Å². The van der Waals surface area contributed by atoms with Crippen LogP contribution < -0.4 is 4.31 Å². The highest BCUT2D eigenvalue weighted by atomic mass is 35.5. The zero-order valence-electron chi connectivity index (χ0n) is 10.7. The van der Waals surface area contributed by atoms with Crippen LogP contribution in [0.4, 0.5) is 10.1 Å². The summed E-state index contributed by atoms with van der Waals surface area (Å²) in [7, 11) is -2.82. The molecule has 2 aromatic carbocycles. The summed E-state index contributed by atoms with van der Waals surface area (Å²) >= 11 is 11.3. The minimum atomic E-state index is -4.09. The van der Waals surface area contributed by atoms with Gasteiger partial charge in [-0.3, -0.25) is 4.31 Å². The Kier molecular flexibility index (Phi) is 4.32. The van der Waals surface area contributed by atoms with Crippen LogP contribution in [0.1, 0.15) is 0 Å². The van der Waals surface area contributed by atoms with E-state index in [-0.39, 0.29) is 16.5 Å². The van der Waals surface area contributed by atoms with E-state index >= 15 is 0 Å². The molecule has 0 saturated heterocycles. The molecule has 0 unspecified atom stereocenters. The number of aromatic hydroxyl groups is 1. The zero-order chi connectivity index (χ0) is 15.8. The van der Waals surface area contributed by atoms with Gasteiger partial charge >= 0.3 is 0 Å². The summed E-state index contributed by atoms with van der Waals surface area (Å²) < 4.78 is 39.5. The number of phenols is 1. The van der Waals surface area contributed by atoms with Crippen LogP contribution >= 0.6 is 23.2 Å². The Hall–Kier alpha value is -1.50. The minimum absolute atomic E-state index is 0.0945. The van der Waals surface area contributed by atoms with Crippen LogP contribution in [0.3, 0.4) is 0 Å². The first-order valence-corrected chi connectivity index (χ1v) is 7.86. The Labute approximate surface area is 131 Å². The average molecular weight is 350 g/mol. The molecular formula is C13H10Cl2FNO3S. The molecule has 0 aliphatic heterocycles. The van der Waals surface area contributed by atoms with Crippen molar-refractivity contribution in [3.63, 3.8) is 0 Å². The highest BCUT2D eigenvalue weighted by Gasteiger charge is 2.26. The summed E-state index contributed by atoms with van der Waals surface area (Å²) in [5, 5.41) is 8.57. The van der Waals surface area contributed by atoms with Crippen molar-refractivity contribution in [1.82, 2.24) is 0 Å². The van der Waals surface area contributed by atoms with Crippen LogP contribution in [0.15, 0.2) is 41.3 Å². The second-order valence-corrected chi connectivity index (χ2v) is 6.89. The quantitative estimate of drug-likeness (QED) is 0.860. The molecule has 0 radical (unpaired) electrons. The van der Waals surface area contributed by atoms with Gasteiger partial charge in [0.15, 0.2) is 5.82 Å². The molecule has 0 spiro atoms. The number of rotatable bonds is 3. The van der Waals surface area contributed by atoms with Gasteiger partial charge in [-0.05, 0) is 24.3 Å². The molecule has 0 atom stereocenters. The van der Waals surface area contributed by atoms with Crippen LogP contribution in [0.5, 0.6) is 5.75 Å². The van der Waals surface area contributed by atoms with Crippen molar-refractivity contribution in [3.05, 3.63) is 52.3 Å². The molecule has 0 aromatic heterocycles. The van der Waals surface area contributed by atoms with Crippen molar-refractivity contribution >= 4 is 38.9 Å². The molecule has 0 amide bonds. The average Bonchev–Trinajstić information content (AvgIpc) is 2.43. The Morgan fingerprint density at radius 2 is 1.86 bits per heavy atom. The lowest BCUT2D eigenvalue weighted by Crippen LogP contribution is -2.27. The largest absolute Gasteiger partial charge is 0.508 e. The highest BCUT2D eigenvalue weighted by Crippen LogP contribution is 2.33. The third kappa shape index (κ3) is 2.92. The van der Waals surface area contributed by atoms with Crippen molar-refractivity contribution in [2.45, 2.75) is 4.90 Å². The van der Waals surface area contributed by atoms with Crippen LogP contribution in [-0.4, -0.2) is 20.6 Å². The molecule has 4 nitrogen and oxygen atoms in total. The molecule has 2 rings (SSSR count). The monoisotopic (exact) mass is 349 g/mol. The van der Waals surface area contributed by atoms with Gasteiger partial charge in [0, 0.05) is 13.1 Å². The standard InChI is InChI=1S/C13H10Cl2FNO3S/c1-17(8-3-2-4-9(18)7-8)21(19,20)11-6-5-10(14)13(16)12(11)15/h2-7,18H,1H3. The van der Waals surface area contributed by atoms with E-state index < -0.39 is 25.8 Å². The van der Waals surface area contributed by atoms with Gasteiger partial charge in [0.2, 0.25) is 0 Å². The number of anilines is 1. The van der Waals surface area contributed by atoms with Crippen molar-refractivity contribution in [1.29, 1.82) is 0 Å². The van der Waals surface area contributed by atoms with E-state index in [1.807, 2.05) is 0 Å². The fourth-order valence-corrected chi connectivity index (χ4v) is 3.59. The smallest absolute Gasteiger partial charge is 0.265 e. The lowest BCUT2D eigenvalue weighted by atomic mass is 10.3. The second-order valence-electron chi connectivity index (χ2n) is 4.17. The van der Waals surface area contributed by atoms with Gasteiger partial charge < -0.3 is 5.11 Å². The minimum Gasteiger partial charge on any atom is -0.508 e. The molecular weight excluding hydrogens is 340 g/mol. The lowest BCUT2D eigenvalue weighted by Gasteiger charge is -2.20. The molecule has 0 bridgehead atoms. The summed E-state index contributed by atoms with van der Waals surface area (Å²) in [6, 6.07) is 7.88. The predicted molar refractivity (Wildman–Crippen MR) is 80.1 cm³/mol. The summed E-state index contributed by atoms with van der Waals surface area (Å²) in [5.74, 6) is -1.09. The van der Waals surface area contributed by atoms with Gasteiger partial charge in [0.05, 0.1) is 15.7 Å². The molecule has 0 aliphatic rings. The molecule has 0 heterocycles. The summed E-state index contributed by atoms with van der Waals surface area (Å²) in [6.07, 6.45) is 0. The van der Waals surface area contributed by atoms with E-state index in [0.717, 1.165) is 16.4 Å².